The maximum absolute atomic E-state index is 12.6. The first-order valence-corrected chi connectivity index (χ1v) is 9.61. The number of methoxy groups -OCH3 is 1. The summed E-state index contributed by atoms with van der Waals surface area (Å²) in [6.07, 6.45) is 1.69. The van der Waals surface area contributed by atoms with Crippen molar-refractivity contribution in [1.29, 1.82) is 0 Å². The van der Waals surface area contributed by atoms with Crippen molar-refractivity contribution in [2.45, 2.75) is 38.3 Å². The second-order valence-electron chi connectivity index (χ2n) is 7.39. The van der Waals surface area contributed by atoms with E-state index in [9.17, 15) is 14.4 Å². The summed E-state index contributed by atoms with van der Waals surface area (Å²) < 4.78 is 5.13. The van der Waals surface area contributed by atoms with Gasteiger partial charge in [0.15, 0.2) is 0 Å². The molecule has 0 spiro atoms. The molecule has 2 fully saturated rings. The van der Waals surface area contributed by atoms with E-state index in [0.29, 0.717) is 18.8 Å². The molecular weight excluding hydrogens is 362 g/mol. The highest BCUT2D eigenvalue weighted by Gasteiger charge is 2.39. The van der Waals surface area contributed by atoms with Gasteiger partial charge in [-0.2, -0.15) is 0 Å². The number of carbonyl (C=O) groups is 3. The third-order valence-corrected chi connectivity index (χ3v) is 5.60. The van der Waals surface area contributed by atoms with E-state index in [4.69, 9.17) is 9.84 Å². The lowest BCUT2D eigenvalue weighted by Gasteiger charge is -2.42. The highest BCUT2D eigenvalue weighted by Crippen LogP contribution is 2.29. The van der Waals surface area contributed by atoms with Crippen LogP contribution in [0.2, 0.25) is 0 Å². The van der Waals surface area contributed by atoms with Gasteiger partial charge < -0.3 is 20.1 Å². The zero-order chi connectivity index (χ0) is 20.3. The Kier molecular flexibility index (Phi) is 6.18. The van der Waals surface area contributed by atoms with Crippen molar-refractivity contribution < 1.29 is 24.2 Å². The molecule has 1 aromatic rings. The maximum atomic E-state index is 12.6. The summed E-state index contributed by atoms with van der Waals surface area (Å²) in [6.45, 7) is 3.00. The Labute approximate surface area is 164 Å². The molecule has 1 heterocycles. The Balaban J connectivity index is 1.49. The smallest absolute Gasteiger partial charge is 0.317 e. The number of carboxylic acids is 1. The predicted molar refractivity (Wildman–Crippen MR) is 103 cm³/mol. The summed E-state index contributed by atoms with van der Waals surface area (Å²) in [5.41, 5.74) is 0.761. The van der Waals surface area contributed by atoms with E-state index >= 15 is 0 Å². The molecule has 152 valence electrons. The summed E-state index contributed by atoms with van der Waals surface area (Å²) in [5.74, 6) is -0.648. The van der Waals surface area contributed by atoms with Gasteiger partial charge in [-0.1, -0.05) is 6.92 Å². The van der Waals surface area contributed by atoms with Crippen LogP contribution in [-0.2, 0) is 14.4 Å². The van der Waals surface area contributed by atoms with Gasteiger partial charge in [0.1, 0.15) is 5.75 Å². The van der Waals surface area contributed by atoms with Crippen molar-refractivity contribution in [1.82, 2.24) is 10.2 Å². The van der Waals surface area contributed by atoms with E-state index in [1.807, 2.05) is 24.0 Å². The van der Waals surface area contributed by atoms with E-state index in [-0.39, 0.29) is 42.8 Å². The highest BCUT2D eigenvalue weighted by atomic mass is 16.5. The van der Waals surface area contributed by atoms with Crippen LogP contribution in [0.5, 0.6) is 5.75 Å². The maximum Gasteiger partial charge on any atom is 0.317 e. The van der Waals surface area contributed by atoms with Gasteiger partial charge in [-0.05, 0) is 43.7 Å². The van der Waals surface area contributed by atoms with Crippen LogP contribution in [0, 0.1) is 5.92 Å². The molecule has 1 saturated heterocycles. The number of anilines is 1. The number of amides is 2. The molecule has 1 aromatic carbocycles. The Morgan fingerprint density at radius 3 is 2.54 bits per heavy atom. The number of ether oxygens (including phenoxy) is 1. The van der Waals surface area contributed by atoms with Gasteiger partial charge in [0.05, 0.1) is 19.6 Å². The Hall–Kier alpha value is -2.61. The van der Waals surface area contributed by atoms with Gasteiger partial charge >= 0.3 is 5.97 Å². The fourth-order valence-corrected chi connectivity index (χ4v) is 3.89. The average molecular weight is 389 g/mol. The van der Waals surface area contributed by atoms with Crippen LogP contribution in [0.25, 0.3) is 0 Å². The molecule has 2 aliphatic rings. The molecule has 2 N–H and O–H groups in total. The lowest BCUT2D eigenvalue weighted by Crippen LogP contribution is -2.55. The number of aliphatic carboxylic acids is 1. The second-order valence-corrected chi connectivity index (χ2v) is 7.39. The Morgan fingerprint density at radius 1 is 1.29 bits per heavy atom. The fraction of sp³-hybridized carbons (Fsp3) is 0.550. The minimum atomic E-state index is -0.836. The molecule has 28 heavy (non-hydrogen) atoms. The van der Waals surface area contributed by atoms with Gasteiger partial charge in [0, 0.05) is 30.7 Å². The number of benzene rings is 1. The number of nitrogens with one attached hydrogen (secondary N) is 1. The number of nitrogens with zero attached hydrogens (tertiary/aromatic N) is 2. The minimum Gasteiger partial charge on any atom is -0.497 e. The van der Waals surface area contributed by atoms with E-state index in [0.717, 1.165) is 18.5 Å². The third kappa shape index (κ3) is 4.44. The van der Waals surface area contributed by atoms with Gasteiger partial charge in [0.25, 0.3) is 0 Å². The number of carboxylic acid groups (broad SMARTS) is 1. The van der Waals surface area contributed by atoms with Crippen molar-refractivity contribution in [3.8, 4) is 5.75 Å². The average Bonchev–Trinajstić information content (AvgIpc) is 3.04. The van der Waals surface area contributed by atoms with Crippen LogP contribution in [0.3, 0.4) is 0 Å². The monoisotopic (exact) mass is 389 g/mol. The number of carbonyl (C=O) groups excluding carboxylic acids is 2. The third-order valence-electron chi connectivity index (χ3n) is 5.60. The molecule has 0 radical (unpaired) electrons. The fourth-order valence-electron chi connectivity index (χ4n) is 3.89. The molecule has 1 atom stereocenters. The van der Waals surface area contributed by atoms with Crippen LogP contribution in [0.15, 0.2) is 24.3 Å². The predicted octanol–water partition coefficient (Wildman–Crippen LogP) is 1.10. The van der Waals surface area contributed by atoms with Gasteiger partial charge in [0.2, 0.25) is 11.8 Å². The molecule has 3 rings (SSSR count). The lowest BCUT2D eigenvalue weighted by molar-refractivity contribution is -0.140. The molecule has 1 aliphatic heterocycles. The van der Waals surface area contributed by atoms with Crippen molar-refractivity contribution in [3.05, 3.63) is 24.3 Å². The summed E-state index contributed by atoms with van der Waals surface area (Å²) >= 11 is 0. The topological polar surface area (TPSA) is 99.2 Å². The summed E-state index contributed by atoms with van der Waals surface area (Å²) in [4.78, 5) is 39.4. The van der Waals surface area contributed by atoms with E-state index in [1.165, 1.54) is 0 Å². The highest BCUT2D eigenvalue weighted by molar-refractivity contribution is 6.00. The number of hydrogen-bond acceptors (Lipinski definition) is 5. The first-order valence-electron chi connectivity index (χ1n) is 9.61. The van der Waals surface area contributed by atoms with Crippen LogP contribution in [0.4, 0.5) is 5.69 Å². The summed E-state index contributed by atoms with van der Waals surface area (Å²) in [6, 6.07) is 7.45. The van der Waals surface area contributed by atoms with Crippen molar-refractivity contribution in [2.75, 3.05) is 31.6 Å². The minimum absolute atomic E-state index is 0.0236. The molecule has 1 aliphatic carbocycles. The Morgan fingerprint density at radius 2 is 1.96 bits per heavy atom. The molecule has 2 amide bonds. The van der Waals surface area contributed by atoms with Gasteiger partial charge in [-0.15, -0.1) is 0 Å². The molecule has 1 saturated carbocycles. The molecular formula is C20H27N3O5. The van der Waals surface area contributed by atoms with Crippen molar-refractivity contribution in [3.63, 3.8) is 0 Å². The zero-order valence-corrected chi connectivity index (χ0v) is 16.3. The van der Waals surface area contributed by atoms with Crippen LogP contribution >= 0.6 is 0 Å². The number of rotatable bonds is 8. The van der Waals surface area contributed by atoms with Crippen LogP contribution in [0.1, 0.15) is 26.2 Å². The van der Waals surface area contributed by atoms with E-state index in [2.05, 4.69) is 5.32 Å². The molecule has 1 unspecified atom stereocenters. The molecule has 0 aromatic heterocycles. The number of likely N-dealkylation sites (N-methyl/N-ethyl adjacent to an activating group) is 1. The van der Waals surface area contributed by atoms with E-state index in [1.54, 1.807) is 24.1 Å². The quantitative estimate of drug-likeness (QED) is 0.691. The molecule has 8 nitrogen and oxygen atoms in total. The molecule has 0 bridgehead atoms. The second kappa shape index (κ2) is 8.60. The first kappa shape index (κ1) is 20.1. The SMILES string of the molecule is CCN(CC(=O)O)C1CC(NC(=O)C2CC(=O)N(c3ccc(OC)cc3)C2)C1. The number of hydrogen-bond donors (Lipinski definition) is 2. The first-order chi connectivity index (χ1) is 13.4. The van der Waals surface area contributed by atoms with Gasteiger partial charge in [-0.25, -0.2) is 0 Å². The van der Waals surface area contributed by atoms with Gasteiger partial charge in [-0.3, -0.25) is 19.3 Å². The summed E-state index contributed by atoms with van der Waals surface area (Å²) in [7, 11) is 1.59. The van der Waals surface area contributed by atoms with Crippen LogP contribution in [-0.4, -0.2) is 66.6 Å². The standard InChI is InChI=1S/C20H27N3O5/c1-3-22(12-19(25)26)16-9-14(10-16)21-20(27)13-8-18(24)23(11-13)15-4-6-17(28-2)7-5-15/h4-7,13-14,16H,3,8-12H2,1-2H3,(H,21,27)(H,25,26). The molecule has 8 heteroatoms. The lowest BCUT2D eigenvalue weighted by atomic mass is 9.85. The normalized spacial score (nSPS) is 24.2. The van der Waals surface area contributed by atoms with E-state index < -0.39 is 5.97 Å². The largest absolute Gasteiger partial charge is 0.497 e. The summed E-state index contributed by atoms with van der Waals surface area (Å²) in [5, 5.41) is 12.0. The van der Waals surface area contributed by atoms with Crippen molar-refractivity contribution in [2.24, 2.45) is 5.92 Å². The van der Waals surface area contributed by atoms with Crippen molar-refractivity contribution >= 4 is 23.5 Å². The van der Waals surface area contributed by atoms with Crippen LogP contribution < -0.4 is 15.0 Å². The zero-order valence-electron chi connectivity index (χ0n) is 16.3. The Bertz CT molecular complexity index is 730.